The Morgan fingerprint density at radius 2 is 2.62 bits per heavy atom. The van der Waals surface area contributed by atoms with Crippen molar-refractivity contribution in [1.29, 1.82) is 0 Å². The highest BCUT2D eigenvalue weighted by molar-refractivity contribution is 6.01. The van der Waals surface area contributed by atoms with Crippen molar-refractivity contribution in [2.45, 2.75) is 6.42 Å². The van der Waals surface area contributed by atoms with Crippen molar-refractivity contribution in [3.63, 3.8) is 0 Å². The molecule has 0 saturated carbocycles. The van der Waals surface area contributed by atoms with Crippen molar-refractivity contribution in [3.05, 3.63) is 17.8 Å². The third-order valence-electron chi connectivity index (χ3n) is 0.887. The maximum atomic E-state index is 8.17. The van der Waals surface area contributed by atoms with Crippen molar-refractivity contribution in [1.82, 2.24) is 0 Å². The van der Waals surface area contributed by atoms with Gasteiger partial charge in [0, 0.05) is 18.5 Å². The normalized spacial score (nSPS) is 16.2. The van der Waals surface area contributed by atoms with Crippen molar-refractivity contribution in [3.8, 4) is 0 Å². The highest BCUT2D eigenvalue weighted by atomic mass is 14.9. The van der Waals surface area contributed by atoms with E-state index in [-0.39, 0.29) is 0 Å². The van der Waals surface area contributed by atoms with Crippen LogP contribution in [0.15, 0.2) is 17.3 Å². The summed E-state index contributed by atoms with van der Waals surface area (Å²) in [6.07, 6.45) is 5.58. The zero-order valence-electron chi connectivity index (χ0n) is 4.28. The van der Waals surface area contributed by atoms with Crippen molar-refractivity contribution in [2.75, 3.05) is 0 Å². The van der Waals surface area contributed by atoms with Gasteiger partial charge >= 0.3 is 0 Å². The fourth-order valence-corrected chi connectivity index (χ4v) is 0.478. The van der Waals surface area contributed by atoms with Gasteiger partial charge in [-0.1, -0.05) is 0 Å². The molecule has 1 aliphatic heterocycles. The fraction of sp³-hybridized carbons (Fsp3) is 0.200. The standard InChI is InChI=1S/C5H5N3/c6-8-5-1-3-7-4-2-5/h1,3-4H,2H2. The van der Waals surface area contributed by atoms with E-state index in [0.29, 0.717) is 12.1 Å². The van der Waals surface area contributed by atoms with Gasteiger partial charge in [0.25, 0.3) is 5.71 Å². The van der Waals surface area contributed by atoms with E-state index in [4.69, 9.17) is 5.53 Å². The molecule has 0 saturated heterocycles. The Balaban J connectivity index is 2.80. The lowest BCUT2D eigenvalue weighted by atomic mass is 10.2. The third kappa shape index (κ3) is 0.891. The molecule has 0 aromatic heterocycles. The van der Waals surface area contributed by atoms with Gasteiger partial charge in [-0.2, -0.15) is 4.79 Å². The van der Waals surface area contributed by atoms with Crippen LogP contribution in [0, 0.1) is 0 Å². The Morgan fingerprint density at radius 1 is 1.75 bits per heavy atom. The van der Waals surface area contributed by atoms with Gasteiger partial charge in [-0.25, -0.2) is 0 Å². The van der Waals surface area contributed by atoms with Crippen LogP contribution < -0.4 is 0 Å². The highest BCUT2D eigenvalue weighted by Gasteiger charge is 2.01. The van der Waals surface area contributed by atoms with Crippen molar-refractivity contribution < 1.29 is 4.79 Å². The second kappa shape index (κ2) is 2.19. The van der Waals surface area contributed by atoms with Gasteiger partial charge in [0.1, 0.15) is 0 Å². The molecule has 0 radical (unpaired) electrons. The number of hydrogen-bond donors (Lipinski definition) is 0. The summed E-state index contributed by atoms with van der Waals surface area (Å²) in [6, 6.07) is 0. The number of rotatable bonds is 0. The minimum Gasteiger partial charge on any atom is -0.361 e. The summed E-state index contributed by atoms with van der Waals surface area (Å²) in [7, 11) is 0. The molecule has 1 aliphatic rings. The lowest BCUT2D eigenvalue weighted by molar-refractivity contribution is -0.00494. The van der Waals surface area contributed by atoms with E-state index in [1.54, 1.807) is 18.5 Å². The average Bonchev–Trinajstić information content (AvgIpc) is 1.90. The maximum Gasteiger partial charge on any atom is 0.298 e. The molecule has 0 unspecified atom stereocenters. The summed E-state index contributed by atoms with van der Waals surface area (Å²) in [6.45, 7) is 0. The van der Waals surface area contributed by atoms with Crippen LogP contribution in [0.4, 0.5) is 0 Å². The van der Waals surface area contributed by atoms with Gasteiger partial charge in [0.2, 0.25) is 0 Å². The van der Waals surface area contributed by atoms with Gasteiger partial charge in [-0.05, 0) is 0 Å². The molecule has 0 aromatic rings. The molecule has 0 fully saturated rings. The Morgan fingerprint density at radius 3 is 3.00 bits per heavy atom. The Bertz CT molecular complexity index is 184. The van der Waals surface area contributed by atoms with Crippen LogP contribution in [-0.2, 0) is 0 Å². The van der Waals surface area contributed by atoms with E-state index in [1.807, 2.05) is 0 Å². The van der Waals surface area contributed by atoms with Crippen LogP contribution in [0.5, 0.6) is 0 Å². The first kappa shape index (κ1) is 4.94. The lowest BCUT2D eigenvalue weighted by Crippen LogP contribution is -1.97. The average molecular weight is 107 g/mol. The highest BCUT2D eigenvalue weighted by Crippen LogP contribution is 1.89. The van der Waals surface area contributed by atoms with E-state index < -0.39 is 0 Å². The first-order valence-corrected chi connectivity index (χ1v) is 2.32. The van der Waals surface area contributed by atoms with Crippen molar-refractivity contribution >= 4 is 11.9 Å². The molecule has 3 nitrogen and oxygen atoms in total. The molecule has 3 heteroatoms. The zero-order chi connectivity index (χ0) is 5.82. The van der Waals surface area contributed by atoms with Crippen LogP contribution in [-0.4, -0.2) is 16.7 Å². The third-order valence-corrected chi connectivity index (χ3v) is 0.887. The van der Waals surface area contributed by atoms with Crippen LogP contribution in [0.2, 0.25) is 0 Å². The van der Waals surface area contributed by atoms with Crippen molar-refractivity contribution in [2.24, 2.45) is 4.99 Å². The Hall–Kier alpha value is -1.21. The molecule has 0 aliphatic carbocycles. The second-order valence-electron chi connectivity index (χ2n) is 1.44. The molecule has 8 heavy (non-hydrogen) atoms. The van der Waals surface area contributed by atoms with E-state index in [2.05, 4.69) is 9.78 Å². The van der Waals surface area contributed by atoms with Gasteiger partial charge < -0.3 is 5.53 Å². The number of nitrogens with zero attached hydrogens (tertiary/aromatic N) is 3. The van der Waals surface area contributed by atoms with E-state index >= 15 is 0 Å². The summed E-state index contributed by atoms with van der Waals surface area (Å²) in [4.78, 5) is 6.76. The monoisotopic (exact) mass is 107 g/mol. The first-order valence-electron chi connectivity index (χ1n) is 2.32. The summed E-state index contributed by atoms with van der Waals surface area (Å²) >= 11 is 0. The van der Waals surface area contributed by atoms with Gasteiger partial charge in [0.05, 0.1) is 6.42 Å². The number of allylic oxidation sites excluding steroid dienone is 1. The largest absolute Gasteiger partial charge is 0.361 e. The Labute approximate surface area is 47.0 Å². The predicted octanol–water partition coefficient (Wildman–Crippen LogP) is 0.645. The number of aliphatic imine (C=N–C) groups is 1. The summed E-state index contributed by atoms with van der Waals surface area (Å²) in [5.74, 6) is 0. The topological polar surface area (TPSA) is 48.8 Å². The summed E-state index contributed by atoms with van der Waals surface area (Å²) < 4.78 is 0. The molecule has 0 atom stereocenters. The van der Waals surface area contributed by atoms with E-state index in [0.717, 1.165) is 0 Å². The quantitative estimate of drug-likeness (QED) is 0.322. The van der Waals surface area contributed by atoms with Gasteiger partial charge in [-0.15, -0.1) is 0 Å². The molecule has 0 N–H and O–H groups in total. The first-order chi connectivity index (χ1) is 3.93. The van der Waals surface area contributed by atoms with E-state index in [9.17, 15) is 0 Å². The van der Waals surface area contributed by atoms with Gasteiger partial charge in [-0.3, -0.25) is 4.99 Å². The Kier molecular flexibility index (Phi) is 1.35. The molecule has 0 aromatic carbocycles. The van der Waals surface area contributed by atoms with Crippen LogP contribution in [0.1, 0.15) is 6.42 Å². The van der Waals surface area contributed by atoms with Gasteiger partial charge in [0.15, 0.2) is 0 Å². The zero-order valence-corrected chi connectivity index (χ0v) is 4.28. The molecule has 40 valence electrons. The minimum absolute atomic E-state index is 0.632. The second-order valence-corrected chi connectivity index (χ2v) is 1.44. The van der Waals surface area contributed by atoms with Crippen LogP contribution in [0.25, 0.3) is 5.53 Å². The maximum absolute atomic E-state index is 8.17. The summed E-state index contributed by atoms with van der Waals surface area (Å²) in [5.41, 5.74) is 8.82. The fourth-order valence-electron chi connectivity index (χ4n) is 0.478. The molecule has 0 spiro atoms. The molecular weight excluding hydrogens is 102 g/mol. The summed E-state index contributed by atoms with van der Waals surface area (Å²) in [5, 5.41) is 0. The SMILES string of the molecule is [N-]=[N+]=C1C=CN=CC1. The number of hydrogen-bond acceptors (Lipinski definition) is 1. The molecule has 0 amide bonds. The molecule has 0 bridgehead atoms. The minimum atomic E-state index is 0.632. The van der Waals surface area contributed by atoms with E-state index in [1.165, 1.54) is 0 Å². The van der Waals surface area contributed by atoms with Crippen LogP contribution in [0.3, 0.4) is 0 Å². The smallest absolute Gasteiger partial charge is 0.298 e. The predicted molar refractivity (Wildman–Crippen MR) is 30.9 cm³/mol. The lowest BCUT2D eigenvalue weighted by Gasteiger charge is -1.84. The molecular formula is C5H5N3. The molecule has 1 heterocycles. The molecule has 1 rings (SSSR count). The van der Waals surface area contributed by atoms with Crippen LogP contribution >= 0.6 is 0 Å².